The van der Waals surface area contributed by atoms with E-state index in [9.17, 15) is 5.11 Å². The van der Waals surface area contributed by atoms with Crippen molar-refractivity contribution in [3.63, 3.8) is 0 Å². The highest BCUT2D eigenvalue weighted by atomic mass is 16.5. The van der Waals surface area contributed by atoms with E-state index < -0.39 is 0 Å². The van der Waals surface area contributed by atoms with Gasteiger partial charge >= 0.3 is 0 Å². The molecular weight excluding hydrogens is 304 g/mol. The lowest BCUT2D eigenvalue weighted by Gasteiger charge is -2.19. The first kappa shape index (κ1) is 16.3. The number of benzene rings is 1. The lowest BCUT2D eigenvalue weighted by atomic mass is 10.1. The molecule has 0 saturated carbocycles. The van der Waals surface area contributed by atoms with Crippen molar-refractivity contribution < 1.29 is 9.63 Å². The lowest BCUT2D eigenvalue weighted by molar-refractivity contribution is 0.179. The first-order valence-corrected chi connectivity index (χ1v) is 7.91. The highest BCUT2D eigenvalue weighted by molar-refractivity contribution is 5.18. The summed E-state index contributed by atoms with van der Waals surface area (Å²) in [7, 11) is 0. The molecule has 1 N–H and O–H groups in total. The minimum absolute atomic E-state index is 0.0784. The van der Waals surface area contributed by atoms with Gasteiger partial charge in [-0.1, -0.05) is 41.6 Å². The van der Waals surface area contributed by atoms with Gasteiger partial charge in [0.25, 0.3) is 0 Å². The van der Waals surface area contributed by atoms with E-state index in [4.69, 9.17) is 4.52 Å². The van der Waals surface area contributed by atoms with E-state index >= 15 is 0 Å². The molecule has 2 aromatic heterocycles. The maximum absolute atomic E-state index is 9.27. The number of hydrogen-bond acceptors (Lipinski definition) is 6. The Labute approximate surface area is 140 Å². The predicted molar refractivity (Wildman–Crippen MR) is 89.0 cm³/mol. The van der Waals surface area contributed by atoms with Gasteiger partial charge < -0.3 is 9.63 Å². The standard InChI is InChI=1S/C18H20N4O2/c23-10-9-22(13-16-7-4-8-19-12-16)14-17-20-18(24-21-17)11-15-5-2-1-3-6-15/h1-8,12,23H,9-11,13-14H2. The molecule has 0 atom stereocenters. The second kappa shape index (κ2) is 8.33. The summed E-state index contributed by atoms with van der Waals surface area (Å²) in [6.07, 6.45) is 4.19. The Balaban J connectivity index is 1.62. The summed E-state index contributed by atoms with van der Waals surface area (Å²) in [5, 5.41) is 13.3. The fourth-order valence-electron chi connectivity index (χ4n) is 2.50. The Morgan fingerprint density at radius 3 is 2.58 bits per heavy atom. The van der Waals surface area contributed by atoms with Crippen LogP contribution in [0, 0.1) is 0 Å². The summed E-state index contributed by atoms with van der Waals surface area (Å²) in [6.45, 7) is 1.82. The van der Waals surface area contributed by atoms with E-state index in [0.717, 1.165) is 11.1 Å². The van der Waals surface area contributed by atoms with Crippen molar-refractivity contribution in [2.24, 2.45) is 0 Å². The Kier molecular flexibility index (Phi) is 5.65. The van der Waals surface area contributed by atoms with Crippen LogP contribution in [0.5, 0.6) is 0 Å². The molecule has 0 aliphatic rings. The van der Waals surface area contributed by atoms with Crippen molar-refractivity contribution >= 4 is 0 Å². The minimum atomic E-state index is 0.0784. The number of rotatable bonds is 8. The van der Waals surface area contributed by atoms with E-state index in [2.05, 4.69) is 20.0 Å². The van der Waals surface area contributed by atoms with Gasteiger partial charge in [0.2, 0.25) is 5.89 Å². The SMILES string of the molecule is OCCN(Cc1cccnc1)Cc1noc(Cc2ccccc2)n1. The van der Waals surface area contributed by atoms with Gasteiger partial charge in [-0.2, -0.15) is 4.98 Å². The number of nitrogens with zero attached hydrogens (tertiary/aromatic N) is 4. The van der Waals surface area contributed by atoms with Gasteiger partial charge in [0, 0.05) is 25.5 Å². The van der Waals surface area contributed by atoms with Gasteiger partial charge in [-0.05, 0) is 17.2 Å². The van der Waals surface area contributed by atoms with Crippen LogP contribution in [-0.4, -0.2) is 38.3 Å². The van der Waals surface area contributed by atoms with Gasteiger partial charge in [-0.3, -0.25) is 9.88 Å². The van der Waals surface area contributed by atoms with Crippen LogP contribution in [-0.2, 0) is 19.5 Å². The van der Waals surface area contributed by atoms with Crippen LogP contribution in [0.3, 0.4) is 0 Å². The molecule has 0 radical (unpaired) electrons. The normalized spacial score (nSPS) is 11.1. The van der Waals surface area contributed by atoms with Gasteiger partial charge in [0.15, 0.2) is 5.82 Å². The average molecular weight is 324 g/mol. The highest BCUT2D eigenvalue weighted by Gasteiger charge is 2.12. The van der Waals surface area contributed by atoms with Gasteiger partial charge in [0.1, 0.15) is 0 Å². The Morgan fingerprint density at radius 2 is 1.83 bits per heavy atom. The highest BCUT2D eigenvalue weighted by Crippen LogP contribution is 2.10. The molecule has 3 rings (SSSR count). The quantitative estimate of drug-likeness (QED) is 0.683. The molecule has 124 valence electrons. The minimum Gasteiger partial charge on any atom is -0.395 e. The molecule has 6 nitrogen and oxygen atoms in total. The van der Waals surface area contributed by atoms with Crippen molar-refractivity contribution in [1.82, 2.24) is 20.0 Å². The molecule has 3 aromatic rings. The van der Waals surface area contributed by atoms with Crippen molar-refractivity contribution in [2.45, 2.75) is 19.5 Å². The predicted octanol–water partition coefficient (Wildman–Crippen LogP) is 2.05. The summed E-state index contributed by atoms with van der Waals surface area (Å²) in [5.74, 6) is 1.22. The topological polar surface area (TPSA) is 75.3 Å². The lowest BCUT2D eigenvalue weighted by Crippen LogP contribution is -2.26. The van der Waals surface area contributed by atoms with Crippen LogP contribution in [0.25, 0.3) is 0 Å². The van der Waals surface area contributed by atoms with Crippen LogP contribution in [0.15, 0.2) is 59.4 Å². The molecule has 0 amide bonds. The maximum Gasteiger partial charge on any atom is 0.231 e. The largest absolute Gasteiger partial charge is 0.395 e. The summed E-state index contributed by atoms with van der Waals surface area (Å²) in [4.78, 5) is 10.6. The molecule has 6 heteroatoms. The zero-order valence-corrected chi connectivity index (χ0v) is 13.4. The number of pyridine rings is 1. The van der Waals surface area contributed by atoms with E-state index in [1.807, 2.05) is 48.7 Å². The van der Waals surface area contributed by atoms with Gasteiger partial charge in [0.05, 0.1) is 19.6 Å². The van der Waals surface area contributed by atoms with Crippen LogP contribution in [0.1, 0.15) is 22.8 Å². The molecule has 0 aliphatic carbocycles. The van der Waals surface area contributed by atoms with E-state index in [1.54, 1.807) is 6.20 Å². The van der Waals surface area contributed by atoms with E-state index in [-0.39, 0.29) is 6.61 Å². The number of aromatic nitrogens is 3. The fourth-order valence-corrected chi connectivity index (χ4v) is 2.50. The first-order chi connectivity index (χ1) is 11.8. The molecule has 0 bridgehead atoms. The summed E-state index contributed by atoms with van der Waals surface area (Å²) < 4.78 is 5.34. The summed E-state index contributed by atoms with van der Waals surface area (Å²) >= 11 is 0. The Hall–Kier alpha value is -2.57. The second-order valence-electron chi connectivity index (χ2n) is 5.56. The molecule has 24 heavy (non-hydrogen) atoms. The first-order valence-electron chi connectivity index (χ1n) is 7.91. The third-order valence-electron chi connectivity index (χ3n) is 3.62. The number of aliphatic hydroxyl groups excluding tert-OH is 1. The van der Waals surface area contributed by atoms with Crippen LogP contribution in [0.2, 0.25) is 0 Å². The van der Waals surface area contributed by atoms with E-state index in [1.165, 1.54) is 0 Å². The second-order valence-corrected chi connectivity index (χ2v) is 5.56. The van der Waals surface area contributed by atoms with Crippen LogP contribution >= 0.6 is 0 Å². The van der Waals surface area contributed by atoms with Crippen molar-refractivity contribution in [2.75, 3.05) is 13.2 Å². The zero-order valence-electron chi connectivity index (χ0n) is 13.4. The maximum atomic E-state index is 9.27. The molecule has 0 fully saturated rings. The molecule has 2 heterocycles. The smallest absolute Gasteiger partial charge is 0.231 e. The van der Waals surface area contributed by atoms with Crippen molar-refractivity contribution in [3.05, 3.63) is 77.7 Å². The number of hydrogen-bond donors (Lipinski definition) is 1. The molecule has 1 aromatic carbocycles. The molecular formula is C18H20N4O2. The van der Waals surface area contributed by atoms with Crippen LogP contribution in [0.4, 0.5) is 0 Å². The number of aliphatic hydroxyl groups is 1. The molecule has 0 aliphatic heterocycles. The summed E-state index contributed by atoms with van der Waals surface area (Å²) in [5.41, 5.74) is 2.22. The Bertz CT molecular complexity index is 731. The Morgan fingerprint density at radius 1 is 1.00 bits per heavy atom. The third-order valence-corrected chi connectivity index (χ3v) is 3.62. The van der Waals surface area contributed by atoms with Crippen molar-refractivity contribution in [1.29, 1.82) is 0 Å². The van der Waals surface area contributed by atoms with Crippen LogP contribution < -0.4 is 0 Å². The van der Waals surface area contributed by atoms with Gasteiger partial charge in [-0.25, -0.2) is 0 Å². The third kappa shape index (κ3) is 4.71. The average Bonchev–Trinajstić information content (AvgIpc) is 3.04. The molecule has 0 unspecified atom stereocenters. The molecule has 0 saturated heterocycles. The monoisotopic (exact) mass is 324 g/mol. The van der Waals surface area contributed by atoms with Crippen molar-refractivity contribution in [3.8, 4) is 0 Å². The summed E-state index contributed by atoms with van der Waals surface area (Å²) in [6, 6.07) is 13.9. The van der Waals surface area contributed by atoms with Gasteiger partial charge in [-0.15, -0.1) is 0 Å². The fraction of sp³-hybridized carbons (Fsp3) is 0.278. The molecule has 0 spiro atoms. The van der Waals surface area contributed by atoms with E-state index in [0.29, 0.717) is 37.8 Å². The zero-order chi connectivity index (χ0) is 16.6.